The molecular formula is C16H25NO2S. The van der Waals surface area contributed by atoms with Crippen LogP contribution in [0.1, 0.15) is 38.8 Å². The summed E-state index contributed by atoms with van der Waals surface area (Å²) >= 11 is 1.93. The zero-order valence-corrected chi connectivity index (χ0v) is 13.4. The van der Waals surface area contributed by atoms with Gasteiger partial charge in [-0.1, -0.05) is 26.8 Å². The van der Waals surface area contributed by atoms with Crippen molar-refractivity contribution in [1.29, 1.82) is 0 Å². The van der Waals surface area contributed by atoms with Crippen LogP contribution in [0.4, 0.5) is 0 Å². The maximum atomic E-state index is 6.30. The lowest BCUT2D eigenvalue weighted by Crippen LogP contribution is -2.16. The van der Waals surface area contributed by atoms with E-state index in [4.69, 9.17) is 15.2 Å². The molecule has 0 saturated heterocycles. The van der Waals surface area contributed by atoms with E-state index >= 15 is 0 Å². The lowest BCUT2D eigenvalue weighted by atomic mass is 10.1. The van der Waals surface area contributed by atoms with Gasteiger partial charge in [0.2, 0.25) is 0 Å². The second-order valence-corrected chi connectivity index (χ2v) is 7.06. The Bertz CT molecular complexity index is 436. The topological polar surface area (TPSA) is 44.5 Å². The summed E-state index contributed by atoms with van der Waals surface area (Å²) in [6, 6.07) is 6.11. The minimum absolute atomic E-state index is 0.0401. The number of hydrogen-bond acceptors (Lipinski definition) is 4. The van der Waals surface area contributed by atoms with Crippen LogP contribution >= 0.6 is 11.8 Å². The molecule has 2 atom stereocenters. The molecule has 3 nitrogen and oxygen atoms in total. The highest BCUT2D eigenvalue weighted by Crippen LogP contribution is 2.33. The first-order valence-corrected chi connectivity index (χ1v) is 8.39. The van der Waals surface area contributed by atoms with Gasteiger partial charge >= 0.3 is 0 Å². The van der Waals surface area contributed by atoms with Crippen molar-refractivity contribution in [2.45, 2.75) is 38.5 Å². The molecule has 4 heteroatoms. The molecule has 1 heterocycles. The monoisotopic (exact) mass is 295 g/mol. The average molecular weight is 295 g/mol. The van der Waals surface area contributed by atoms with Gasteiger partial charge in [0.25, 0.3) is 0 Å². The molecular weight excluding hydrogens is 270 g/mol. The zero-order chi connectivity index (χ0) is 14.5. The molecule has 0 fully saturated rings. The van der Waals surface area contributed by atoms with Crippen LogP contribution in [-0.2, 0) is 0 Å². The molecule has 1 aliphatic heterocycles. The largest absolute Gasteiger partial charge is 0.490 e. The highest BCUT2D eigenvalue weighted by molar-refractivity contribution is 7.99. The second-order valence-electron chi connectivity index (χ2n) is 5.65. The van der Waals surface area contributed by atoms with Crippen molar-refractivity contribution in [2.75, 3.05) is 19.0 Å². The summed E-state index contributed by atoms with van der Waals surface area (Å²) in [4.78, 5) is 0. The number of rotatable bonds is 5. The average Bonchev–Trinajstić information content (AvgIpc) is 2.68. The minimum Gasteiger partial charge on any atom is -0.490 e. The quantitative estimate of drug-likeness (QED) is 0.901. The number of hydrogen-bond donors (Lipinski definition) is 1. The van der Waals surface area contributed by atoms with Crippen LogP contribution in [-0.4, -0.2) is 24.2 Å². The van der Waals surface area contributed by atoms with Gasteiger partial charge in [0.15, 0.2) is 11.5 Å². The Morgan fingerprint density at radius 3 is 2.55 bits per heavy atom. The molecule has 0 amide bonds. The van der Waals surface area contributed by atoms with E-state index in [-0.39, 0.29) is 6.04 Å². The van der Waals surface area contributed by atoms with Crippen LogP contribution in [0, 0.1) is 5.92 Å². The lowest BCUT2D eigenvalue weighted by Gasteiger charge is -2.19. The van der Waals surface area contributed by atoms with E-state index in [1.165, 1.54) is 0 Å². The fraction of sp³-hybridized carbons (Fsp3) is 0.625. The molecule has 1 aliphatic rings. The number of thioether (sulfide) groups is 1. The molecule has 0 bridgehead atoms. The number of nitrogens with two attached hydrogens (primary N) is 1. The summed E-state index contributed by atoms with van der Waals surface area (Å²) in [6.45, 7) is 8.19. The van der Waals surface area contributed by atoms with Crippen LogP contribution in [0.5, 0.6) is 11.5 Å². The van der Waals surface area contributed by atoms with Crippen LogP contribution in [0.25, 0.3) is 0 Å². The van der Waals surface area contributed by atoms with E-state index < -0.39 is 0 Å². The third-order valence-electron chi connectivity index (χ3n) is 3.68. The van der Waals surface area contributed by atoms with Crippen LogP contribution < -0.4 is 15.2 Å². The van der Waals surface area contributed by atoms with Crippen molar-refractivity contribution in [2.24, 2.45) is 11.7 Å². The standard InChI is InChI=1S/C16H25NO2S/c1-11(2)12(3)20-10-14(17)13-5-6-15-16(9-13)19-8-4-7-18-15/h5-6,9,11-12,14H,4,7-8,10,17H2,1-3H3. The summed E-state index contributed by atoms with van der Waals surface area (Å²) in [5, 5.41) is 0.626. The normalized spacial score (nSPS) is 17.6. The Hall–Kier alpha value is -0.870. The molecule has 2 rings (SSSR count). The molecule has 1 aromatic rings. The Labute approximate surface area is 126 Å². The maximum Gasteiger partial charge on any atom is 0.161 e. The van der Waals surface area contributed by atoms with Gasteiger partial charge < -0.3 is 15.2 Å². The van der Waals surface area contributed by atoms with Crippen molar-refractivity contribution in [3.8, 4) is 11.5 Å². The van der Waals surface area contributed by atoms with Crippen molar-refractivity contribution in [1.82, 2.24) is 0 Å². The predicted octanol–water partition coefficient (Wildman–Crippen LogP) is 3.63. The van der Waals surface area contributed by atoms with Crippen LogP contribution in [0.2, 0.25) is 0 Å². The molecule has 112 valence electrons. The van der Waals surface area contributed by atoms with Gasteiger partial charge in [-0.15, -0.1) is 0 Å². The number of ether oxygens (including phenoxy) is 2. The molecule has 0 radical (unpaired) electrons. The maximum absolute atomic E-state index is 6.30. The number of fused-ring (bicyclic) bond motifs is 1. The molecule has 0 aromatic heterocycles. The van der Waals surface area contributed by atoms with Gasteiger partial charge in [-0.25, -0.2) is 0 Å². The van der Waals surface area contributed by atoms with Crippen LogP contribution in [0.3, 0.4) is 0 Å². The Morgan fingerprint density at radius 2 is 1.85 bits per heavy atom. The van der Waals surface area contributed by atoms with Gasteiger partial charge in [0, 0.05) is 23.5 Å². The summed E-state index contributed by atoms with van der Waals surface area (Å²) in [7, 11) is 0. The first kappa shape index (κ1) is 15.5. The van der Waals surface area contributed by atoms with Crippen molar-refractivity contribution >= 4 is 11.8 Å². The van der Waals surface area contributed by atoms with Crippen LogP contribution in [0.15, 0.2) is 18.2 Å². The van der Waals surface area contributed by atoms with Crippen molar-refractivity contribution < 1.29 is 9.47 Å². The van der Waals surface area contributed by atoms with E-state index in [0.717, 1.165) is 35.8 Å². The van der Waals surface area contributed by atoms with Gasteiger partial charge in [0.1, 0.15) is 0 Å². The smallest absolute Gasteiger partial charge is 0.161 e. The molecule has 20 heavy (non-hydrogen) atoms. The molecule has 1 aromatic carbocycles. The highest BCUT2D eigenvalue weighted by atomic mass is 32.2. The van der Waals surface area contributed by atoms with Crippen molar-refractivity contribution in [3.05, 3.63) is 23.8 Å². The first-order valence-electron chi connectivity index (χ1n) is 7.34. The SMILES string of the molecule is CC(C)C(C)SCC(N)c1ccc2c(c1)OCCCO2. The van der Waals surface area contributed by atoms with E-state index in [9.17, 15) is 0 Å². The fourth-order valence-electron chi connectivity index (χ4n) is 1.95. The Balaban J connectivity index is 1.99. The lowest BCUT2D eigenvalue weighted by molar-refractivity contribution is 0.297. The summed E-state index contributed by atoms with van der Waals surface area (Å²) < 4.78 is 11.4. The molecule has 2 unspecified atom stereocenters. The first-order chi connectivity index (χ1) is 9.58. The summed E-state index contributed by atoms with van der Waals surface area (Å²) in [5.74, 6) is 3.27. The van der Waals surface area contributed by atoms with Gasteiger partial charge in [-0.2, -0.15) is 11.8 Å². The van der Waals surface area contributed by atoms with E-state index in [1.54, 1.807) is 0 Å². The molecule has 0 spiro atoms. The summed E-state index contributed by atoms with van der Waals surface area (Å²) in [6.07, 6.45) is 0.928. The number of benzene rings is 1. The summed E-state index contributed by atoms with van der Waals surface area (Å²) in [5.41, 5.74) is 7.42. The fourth-order valence-corrected chi connectivity index (χ4v) is 3.04. The Kier molecular flexibility index (Phi) is 5.61. The highest BCUT2D eigenvalue weighted by Gasteiger charge is 2.15. The van der Waals surface area contributed by atoms with Crippen molar-refractivity contribution in [3.63, 3.8) is 0 Å². The molecule has 2 N–H and O–H groups in total. The minimum atomic E-state index is 0.0401. The van der Waals surface area contributed by atoms with Gasteiger partial charge in [-0.05, 0) is 23.6 Å². The third-order valence-corrected chi connectivity index (χ3v) is 5.30. The van der Waals surface area contributed by atoms with Gasteiger partial charge in [0.05, 0.1) is 13.2 Å². The predicted molar refractivity (Wildman–Crippen MR) is 85.7 cm³/mol. The molecule has 0 saturated carbocycles. The second kappa shape index (κ2) is 7.23. The van der Waals surface area contributed by atoms with E-state index in [1.807, 2.05) is 23.9 Å². The zero-order valence-electron chi connectivity index (χ0n) is 12.6. The van der Waals surface area contributed by atoms with Gasteiger partial charge in [-0.3, -0.25) is 0 Å². The molecule has 0 aliphatic carbocycles. The van der Waals surface area contributed by atoms with E-state index in [0.29, 0.717) is 17.8 Å². The third kappa shape index (κ3) is 4.06. The van der Waals surface area contributed by atoms with E-state index in [2.05, 4.69) is 26.8 Å². The Morgan fingerprint density at radius 1 is 1.15 bits per heavy atom.